The summed E-state index contributed by atoms with van der Waals surface area (Å²) in [7, 11) is 0. The van der Waals surface area contributed by atoms with E-state index in [0.29, 0.717) is 0 Å². The maximum Gasteiger partial charge on any atom is 0.164 e. The van der Waals surface area contributed by atoms with Crippen LogP contribution in [0.15, 0.2) is 0 Å². The molecule has 0 aliphatic rings. The molecule has 0 aromatic heterocycles. The van der Waals surface area contributed by atoms with Crippen LogP contribution in [-0.4, -0.2) is 18.0 Å². The van der Waals surface area contributed by atoms with E-state index in [-0.39, 0.29) is 23.9 Å². The molecule has 0 N–H and O–H groups in total. The molecule has 0 spiro atoms. The van der Waals surface area contributed by atoms with Crippen molar-refractivity contribution in [3.05, 3.63) is 0 Å². The van der Waals surface area contributed by atoms with Crippen LogP contribution in [0.3, 0.4) is 0 Å². The van der Waals surface area contributed by atoms with Crippen LogP contribution in [0, 0.1) is 5.92 Å². The molecule has 0 radical (unpaired) electrons. The van der Waals surface area contributed by atoms with E-state index in [1.54, 1.807) is 0 Å². The Labute approximate surface area is 112 Å². The van der Waals surface area contributed by atoms with Gasteiger partial charge in [0.25, 0.3) is 0 Å². The van der Waals surface area contributed by atoms with Crippen molar-refractivity contribution >= 4 is 5.78 Å². The Hall–Kier alpha value is -0.410. The number of rotatable bonds is 11. The second kappa shape index (κ2) is 9.51. The summed E-state index contributed by atoms with van der Waals surface area (Å²) in [4.78, 5) is 22.4. The molecule has 0 saturated heterocycles. The van der Waals surface area contributed by atoms with E-state index in [0.717, 1.165) is 38.5 Å². The SMILES string of the molecule is CCCCC(CC)C(=O)COOC(C)(C)CCC. The van der Waals surface area contributed by atoms with E-state index in [1.807, 2.05) is 13.8 Å². The fraction of sp³-hybridized carbons (Fsp3) is 0.933. The summed E-state index contributed by atoms with van der Waals surface area (Å²) in [5.74, 6) is 0.293. The van der Waals surface area contributed by atoms with E-state index in [2.05, 4.69) is 20.8 Å². The van der Waals surface area contributed by atoms with Gasteiger partial charge >= 0.3 is 0 Å². The van der Waals surface area contributed by atoms with Crippen LogP contribution in [0.4, 0.5) is 0 Å². The zero-order chi connectivity index (χ0) is 14.0. The smallest absolute Gasteiger partial charge is 0.164 e. The lowest BCUT2D eigenvalue weighted by atomic mass is 9.95. The highest BCUT2D eigenvalue weighted by Gasteiger charge is 2.21. The van der Waals surface area contributed by atoms with Crippen LogP contribution < -0.4 is 0 Å². The average molecular weight is 258 g/mol. The minimum atomic E-state index is -0.305. The van der Waals surface area contributed by atoms with Gasteiger partial charge in [0.1, 0.15) is 6.61 Å². The summed E-state index contributed by atoms with van der Waals surface area (Å²) in [6.45, 7) is 10.3. The Balaban J connectivity index is 3.93. The number of Topliss-reactive ketones (excluding diaryl/α,β-unsaturated/α-hetero) is 1. The molecule has 0 saturated carbocycles. The monoisotopic (exact) mass is 258 g/mol. The molecule has 0 rings (SSSR count). The lowest BCUT2D eigenvalue weighted by Crippen LogP contribution is -2.27. The highest BCUT2D eigenvalue weighted by Crippen LogP contribution is 2.18. The maximum atomic E-state index is 11.9. The molecule has 0 aliphatic carbocycles. The minimum absolute atomic E-state index is 0.0787. The number of hydrogen-bond acceptors (Lipinski definition) is 3. The van der Waals surface area contributed by atoms with Crippen LogP contribution in [0.1, 0.15) is 73.1 Å². The van der Waals surface area contributed by atoms with Crippen molar-refractivity contribution in [3.63, 3.8) is 0 Å². The fourth-order valence-electron chi connectivity index (χ4n) is 2.05. The topological polar surface area (TPSA) is 35.5 Å². The molecule has 3 nitrogen and oxygen atoms in total. The minimum Gasteiger partial charge on any atom is -0.297 e. The second-order valence-corrected chi connectivity index (χ2v) is 5.57. The van der Waals surface area contributed by atoms with Gasteiger partial charge in [-0.15, -0.1) is 0 Å². The lowest BCUT2D eigenvalue weighted by Gasteiger charge is -2.23. The Morgan fingerprint density at radius 3 is 2.33 bits per heavy atom. The van der Waals surface area contributed by atoms with Crippen molar-refractivity contribution in [3.8, 4) is 0 Å². The van der Waals surface area contributed by atoms with E-state index < -0.39 is 0 Å². The normalized spacial score (nSPS) is 13.6. The van der Waals surface area contributed by atoms with Crippen molar-refractivity contribution in [2.24, 2.45) is 5.92 Å². The first kappa shape index (κ1) is 17.6. The van der Waals surface area contributed by atoms with Gasteiger partial charge in [-0.25, -0.2) is 9.78 Å². The molecular formula is C15H30O3. The summed E-state index contributed by atoms with van der Waals surface area (Å²) in [6.07, 6.45) is 6.05. The van der Waals surface area contributed by atoms with Gasteiger partial charge in [0.05, 0.1) is 5.60 Å². The highest BCUT2D eigenvalue weighted by atomic mass is 17.2. The molecule has 108 valence electrons. The third-order valence-corrected chi connectivity index (χ3v) is 3.19. The third-order valence-electron chi connectivity index (χ3n) is 3.19. The van der Waals surface area contributed by atoms with Crippen molar-refractivity contribution in [1.82, 2.24) is 0 Å². The predicted octanol–water partition coefficient (Wildman–Crippen LogP) is 4.30. The number of carbonyl (C=O) groups is 1. The van der Waals surface area contributed by atoms with Gasteiger partial charge in [0.15, 0.2) is 5.78 Å². The Morgan fingerprint density at radius 1 is 1.17 bits per heavy atom. The Morgan fingerprint density at radius 2 is 1.83 bits per heavy atom. The van der Waals surface area contributed by atoms with Crippen molar-refractivity contribution in [2.75, 3.05) is 6.61 Å². The van der Waals surface area contributed by atoms with Gasteiger partial charge in [-0.1, -0.05) is 40.0 Å². The molecule has 0 bridgehead atoms. The predicted molar refractivity (Wildman–Crippen MR) is 74.3 cm³/mol. The molecule has 0 amide bonds. The average Bonchev–Trinajstić information content (AvgIpc) is 2.29. The van der Waals surface area contributed by atoms with Crippen molar-refractivity contribution < 1.29 is 14.6 Å². The Kier molecular flexibility index (Phi) is 9.29. The number of unbranched alkanes of at least 4 members (excludes halogenated alkanes) is 1. The summed E-state index contributed by atoms with van der Waals surface area (Å²) < 4.78 is 0. The quantitative estimate of drug-likeness (QED) is 0.409. The van der Waals surface area contributed by atoms with Gasteiger partial charge in [-0.2, -0.15) is 0 Å². The first-order valence-corrected chi connectivity index (χ1v) is 7.30. The molecule has 1 atom stereocenters. The van der Waals surface area contributed by atoms with Gasteiger partial charge in [-0.05, 0) is 33.1 Å². The zero-order valence-electron chi connectivity index (χ0n) is 12.8. The molecule has 0 aromatic carbocycles. The molecule has 0 heterocycles. The van der Waals surface area contributed by atoms with Gasteiger partial charge < -0.3 is 0 Å². The maximum absolute atomic E-state index is 11.9. The van der Waals surface area contributed by atoms with Gasteiger partial charge in [0.2, 0.25) is 0 Å². The van der Waals surface area contributed by atoms with E-state index >= 15 is 0 Å². The van der Waals surface area contributed by atoms with E-state index in [1.165, 1.54) is 0 Å². The van der Waals surface area contributed by atoms with Crippen LogP contribution in [-0.2, 0) is 14.6 Å². The van der Waals surface area contributed by atoms with Crippen LogP contribution >= 0.6 is 0 Å². The first-order valence-electron chi connectivity index (χ1n) is 7.30. The standard InChI is InChI=1S/C15H30O3/c1-6-9-10-13(8-3)14(16)12-17-18-15(4,5)11-7-2/h13H,6-12H2,1-5H3. The molecule has 0 aliphatic heterocycles. The fourth-order valence-corrected chi connectivity index (χ4v) is 2.05. The summed E-state index contributed by atoms with van der Waals surface area (Å²) in [6, 6.07) is 0. The van der Waals surface area contributed by atoms with Crippen molar-refractivity contribution in [1.29, 1.82) is 0 Å². The van der Waals surface area contributed by atoms with Crippen LogP contribution in [0.25, 0.3) is 0 Å². The Bertz CT molecular complexity index is 224. The molecule has 3 heteroatoms. The molecule has 18 heavy (non-hydrogen) atoms. The number of ketones is 1. The molecular weight excluding hydrogens is 228 g/mol. The van der Waals surface area contributed by atoms with Crippen LogP contribution in [0.5, 0.6) is 0 Å². The highest BCUT2D eigenvalue weighted by molar-refractivity contribution is 5.82. The van der Waals surface area contributed by atoms with Crippen LogP contribution in [0.2, 0.25) is 0 Å². The first-order chi connectivity index (χ1) is 8.46. The van der Waals surface area contributed by atoms with E-state index in [4.69, 9.17) is 9.78 Å². The van der Waals surface area contributed by atoms with Gasteiger partial charge in [0, 0.05) is 5.92 Å². The second-order valence-electron chi connectivity index (χ2n) is 5.57. The number of hydrogen-bond donors (Lipinski definition) is 0. The molecule has 0 aromatic rings. The zero-order valence-corrected chi connectivity index (χ0v) is 12.8. The molecule has 1 unspecified atom stereocenters. The lowest BCUT2D eigenvalue weighted by molar-refractivity contribution is -0.349. The summed E-state index contributed by atoms with van der Waals surface area (Å²) >= 11 is 0. The largest absolute Gasteiger partial charge is 0.297 e. The summed E-state index contributed by atoms with van der Waals surface area (Å²) in [5, 5.41) is 0. The van der Waals surface area contributed by atoms with Crippen molar-refractivity contribution in [2.45, 2.75) is 78.7 Å². The van der Waals surface area contributed by atoms with Gasteiger partial charge in [-0.3, -0.25) is 4.79 Å². The summed E-state index contributed by atoms with van der Waals surface area (Å²) in [5.41, 5.74) is -0.305. The van der Waals surface area contributed by atoms with E-state index in [9.17, 15) is 4.79 Å². The third kappa shape index (κ3) is 7.83. The molecule has 0 fully saturated rings. The number of carbonyl (C=O) groups excluding carboxylic acids is 1.